The van der Waals surface area contributed by atoms with E-state index < -0.39 is 29.4 Å². The van der Waals surface area contributed by atoms with Crippen molar-refractivity contribution in [2.45, 2.75) is 13.1 Å². The maximum absolute atomic E-state index is 13.4. The van der Waals surface area contributed by atoms with Crippen molar-refractivity contribution in [3.63, 3.8) is 0 Å². The van der Waals surface area contributed by atoms with E-state index in [-0.39, 0.29) is 12.3 Å². The number of halogens is 4. The molecule has 1 aromatic rings. The third kappa shape index (κ3) is 4.35. The lowest BCUT2D eigenvalue weighted by Gasteiger charge is -2.11. The standard InChI is InChI=1S/C12H11F4N3O2/c1-2-21-11(20)9(19-17)10(12(14,15)16)18-8-6-4-3-5-7(8)13/h3-6,17-18H,2H2,1H3/p+1/b10-9-,19-17?. The fourth-order valence-corrected chi connectivity index (χ4v) is 1.45. The summed E-state index contributed by atoms with van der Waals surface area (Å²) in [6.07, 6.45) is -4.99. The Bertz CT molecular complexity index is 570. The van der Waals surface area contributed by atoms with E-state index in [2.05, 4.69) is 9.85 Å². The summed E-state index contributed by atoms with van der Waals surface area (Å²) in [6, 6.07) is 4.73. The Morgan fingerprint density at radius 1 is 1.38 bits per heavy atom. The Hall–Kier alpha value is -2.29. The fraction of sp³-hybridized carbons (Fsp3) is 0.250. The van der Waals surface area contributed by atoms with Gasteiger partial charge in [0.2, 0.25) is 5.70 Å². The number of carbonyl (C=O) groups is 1. The average molecular weight is 306 g/mol. The molecule has 0 saturated heterocycles. The molecule has 9 heteroatoms. The number of allylic oxidation sites excluding steroid dienone is 1. The zero-order chi connectivity index (χ0) is 16.0. The quantitative estimate of drug-likeness (QED) is 0.288. The van der Waals surface area contributed by atoms with E-state index in [1.165, 1.54) is 19.1 Å². The van der Waals surface area contributed by atoms with Crippen LogP contribution in [0, 0.1) is 11.3 Å². The van der Waals surface area contributed by atoms with Crippen LogP contribution in [-0.4, -0.2) is 18.8 Å². The van der Waals surface area contributed by atoms with Gasteiger partial charge in [0.1, 0.15) is 0 Å². The van der Waals surface area contributed by atoms with Crippen LogP contribution in [0.5, 0.6) is 0 Å². The molecular formula is C12H12F4N3O2+. The Balaban J connectivity index is 3.32. The molecule has 21 heavy (non-hydrogen) atoms. The first-order chi connectivity index (χ1) is 9.81. The number of benzene rings is 1. The number of nitrogens with one attached hydrogen (secondary N) is 1. The number of esters is 1. The van der Waals surface area contributed by atoms with Crippen molar-refractivity contribution in [2.24, 2.45) is 5.11 Å². The number of para-hydroxylation sites is 1. The maximum atomic E-state index is 13.4. The van der Waals surface area contributed by atoms with Gasteiger partial charge < -0.3 is 4.74 Å². The largest absolute Gasteiger partial charge is 0.469 e. The van der Waals surface area contributed by atoms with E-state index in [0.29, 0.717) is 5.32 Å². The minimum absolute atomic E-state index is 0.178. The second kappa shape index (κ2) is 6.93. The van der Waals surface area contributed by atoms with E-state index in [0.717, 1.165) is 12.1 Å². The third-order valence-electron chi connectivity index (χ3n) is 2.35. The second-order valence-corrected chi connectivity index (χ2v) is 3.76. The van der Waals surface area contributed by atoms with Crippen LogP contribution in [0.1, 0.15) is 6.92 Å². The summed E-state index contributed by atoms with van der Waals surface area (Å²) < 4.78 is 56.9. The predicted octanol–water partition coefficient (Wildman–Crippen LogP) is 2.39. The summed E-state index contributed by atoms with van der Waals surface area (Å²) in [6.45, 7) is 1.22. The van der Waals surface area contributed by atoms with Gasteiger partial charge in [0, 0.05) is 6.07 Å². The Kier molecular flexibility index (Phi) is 5.53. The normalized spacial score (nSPS) is 12.6. The van der Waals surface area contributed by atoms with Gasteiger partial charge in [-0.3, -0.25) is 5.32 Å². The van der Waals surface area contributed by atoms with E-state index >= 15 is 0 Å². The van der Waals surface area contributed by atoms with Crippen molar-refractivity contribution in [1.82, 2.24) is 0 Å². The van der Waals surface area contributed by atoms with Crippen LogP contribution in [-0.2, 0) is 9.53 Å². The first kappa shape index (κ1) is 16.8. The Labute approximate surface area is 117 Å². The molecule has 3 N–H and O–H groups in total. The summed E-state index contributed by atoms with van der Waals surface area (Å²) >= 11 is 0. The molecule has 0 fully saturated rings. The number of hydrogen-bond acceptors (Lipinski definition) is 4. The lowest BCUT2D eigenvalue weighted by Crippen LogP contribution is -2.79. The highest BCUT2D eigenvalue weighted by atomic mass is 19.4. The summed E-state index contributed by atoms with van der Waals surface area (Å²) in [5.74, 6) is -2.29. The van der Waals surface area contributed by atoms with Crippen LogP contribution in [0.2, 0.25) is 0 Å². The fourth-order valence-electron chi connectivity index (χ4n) is 1.45. The van der Waals surface area contributed by atoms with E-state index in [1.54, 1.807) is 0 Å². The van der Waals surface area contributed by atoms with Crippen LogP contribution in [0.15, 0.2) is 40.8 Å². The van der Waals surface area contributed by atoms with Gasteiger partial charge >= 0.3 is 12.1 Å². The van der Waals surface area contributed by atoms with Crippen LogP contribution >= 0.6 is 0 Å². The molecule has 0 atom stereocenters. The Morgan fingerprint density at radius 3 is 2.48 bits per heavy atom. The zero-order valence-electron chi connectivity index (χ0n) is 10.9. The van der Waals surface area contributed by atoms with Crippen LogP contribution in [0.4, 0.5) is 23.2 Å². The molecule has 114 valence electrons. The van der Waals surface area contributed by atoms with Crippen LogP contribution < -0.4 is 5.32 Å². The summed E-state index contributed by atoms with van der Waals surface area (Å²) in [5.41, 5.74) is 3.60. The van der Waals surface area contributed by atoms with Crippen LogP contribution in [0.25, 0.3) is 0 Å². The molecular weight excluding hydrogens is 294 g/mol. The van der Waals surface area contributed by atoms with Gasteiger partial charge in [-0.05, 0) is 13.0 Å². The van der Waals surface area contributed by atoms with E-state index in [1.807, 2.05) is 0 Å². The molecule has 1 aromatic carbocycles. The average Bonchev–Trinajstić information content (AvgIpc) is 2.40. The van der Waals surface area contributed by atoms with Gasteiger partial charge in [0.15, 0.2) is 11.5 Å². The van der Waals surface area contributed by atoms with E-state index in [9.17, 15) is 22.4 Å². The summed E-state index contributed by atoms with van der Waals surface area (Å²) in [4.78, 5) is 11.4. The molecule has 0 heterocycles. The van der Waals surface area contributed by atoms with Gasteiger partial charge in [-0.25, -0.2) is 14.7 Å². The third-order valence-corrected chi connectivity index (χ3v) is 2.35. The molecule has 0 aliphatic rings. The smallest absolute Gasteiger partial charge is 0.461 e. The lowest BCUT2D eigenvalue weighted by molar-refractivity contribution is -0.546. The van der Waals surface area contributed by atoms with Gasteiger partial charge in [0.05, 0.1) is 6.61 Å². The van der Waals surface area contributed by atoms with Crippen molar-refractivity contribution in [1.29, 1.82) is 5.53 Å². The van der Waals surface area contributed by atoms with Gasteiger partial charge in [-0.15, -0.1) is 5.11 Å². The summed E-state index contributed by atoms with van der Waals surface area (Å²) in [5, 5.41) is 3.00. The molecule has 1 rings (SSSR count). The molecule has 0 radical (unpaired) electrons. The van der Waals surface area contributed by atoms with Crippen molar-refractivity contribution < 1.29 is 32.4 Å². The van der Waals surface area contributed by atoms with Crippen molar-refractivity contribution >= 4 is 11.7 Å². The highest BCUT2D eigenvalue weighted by Gasteiger charge is 2.44. The molecule has 0 aliphatic carbocycles. The van der Waals surface area contributed by atoms with Gasteiger partial charge in [-0.1, -0.05) is 12.1 Å². The molecule has 0 bridgehead atoms. The first-order valence-corrected chi connectivity index (χ1v) is 5.76. The molecule has 0 spiro atoms. The molecule has 0 aromatic heterocycles. The van der Waals surface area contributed by atoms with Crippen LogP contribution in [0.3, 0.4) is 0 Å². The maximum Gasteiger partial charge on any atom is 0.469 e. The van der Waals surface area contributed by atoms with Crippen molar-refractivity contribution in [3.05, 3.63) is 41.5 Å². The van der Waals surface area contributed by atoms with E-state index in [4.69, 9.17) is 5.53 Å². The number of carbonyl (C=O) groups excluding carboxylic acids is 1. The topological polar surface area (TPSA) is 79.1 Å². The lowest BCUT2D eigenvalue weighted by atomic mass is 10.2. The Morgan fingerprint density at radius 2 is 2.00 bits per heavy atom. The molecule has 0 aliphatic heterocycles. The molecule has 5 nitrogen and oxygen atoms in total. The van der Waals surface area contributed by atoms with Gasteiger partial charge in [0.25, 0.3) is 5.70 Å². The highest BCUT2D eigenvalue weighted by Crippen LogP contribution is 2.25. The second-order valence-electron chi connectivity index (χ2n) is 3.76. The number of ether oxygens (including phenoxy) is 1. The number of quaternary nitrogens is 1. The van der Waals surface area contributed by atoms with Gasteiger partial charge in [-0.2, -0.15) is 13.2 Å². The molecule has 0 amide bonds. The predicted molar refractivity (Wildman–Crippen MR) is 62.8 cm³/mol. The minimum Gasteiger partial charge on any atom is -0.461 e. The number of nitrogens with zero attached hydrogens (tertiary/aromatic N) is 1. The number of nitrogens with two attached hydrogens (primary N) is 1. The van der Waals surface area contributed by atoms with Crippen molar-refractivity contribution in [2.75, 3.05) is 6.61 Å². The molecule has 0 unspecified atom stereocenters. The molecule has 0 saturated carbocycles. The number of hydrogen-bond donors (Lipinski definition) is 2. The zero-order valence-corrected chi connectivity index (χ0v) is 10.9. The highest BCUT2D eigenvalue weighted by molar-refractivity contribution is 5.88. The SMILES string of the molecule is CCOC(=O)/C(N=N)=C(/[NH2+]c1ccccc1F)C(F)(F)F. The first-order valence-electron chi connectivity index (χ1n) is 5.76. The van der Waals surface area contributed by atoms with Crippen molar-refractivity contribution in [3.8, 4) is 0 Å². The number of alkyl halides is 3. The monoisotopic (exact) mass is 306 g/mol. The summed E-state index contributed by atoms with van der Waals surface area (Å²) in [7, 11) is 0. The number of rotatable bonds is 5. The minimum atomic E-state index is -4.99.